The Labute approximate surface area is 129 Å². The van der Waals surface area contributed by atoms with Crippen LogP contribution in [-0.4, -0.2) is 15.9 Å². The van der Waals surface area contributed by atoms with Gasteiger partial charge < -0.3 is 4.74 Å². The number of nitro groups is 2. The van der Waals surface area contributed by atoms with Gasteiger partial charge in [-0.3, -0.25) is 25.5 Å². The van der Waals surface area contributed by atoms with E-state index in [4.69, 9.17) is 4.74 Å². The first-order valence-corrected chi connectivity index (χ1v) is 6.38. The molecule has 0 atom stereocenters. The minimum atomic E-state index is -0.872. The molecule has 2 aromatic carbocycles. The van der Waals surface area contributed by atoms with Gasteiger partial charge in [-0.2, -0.15) is 0 Å². The van der Waals surface area contributed by atoms with Crippen molar-refractivity contribution in [2.24, 2.45) is 0 Å². The van der Waals surface area contributed by atoms with E-state index in [1.54, 1.807) is 6.07 Å². The minimum absolute atomic E-state index is 0.157. The van der Waals surface area contributed by atoms with Gasteiger partial charge in [0.25, 0.3) is 11.4 Å². The molecule has 1 amide bonds. The van der Waals surface area contributed by atoms with E-state index in [0.717, 1.165) is 0 Å². The lowest BCUT2D eigenvalue weighted by atomic mass is 10.2. The summed E-state index contributed by atoms with van der Waals surface area (Å²) in [5, 5.41) is 23.8. The van der Waals surface area contributed by atoms with Crippen LogP contribution in [0.15, 0.2) is 48.5 Å². The quantitative estimate of drug-likeness (QED) is 0.666. The Morgan fingerprint density at radius 1 is 1.04 bits per heavy atom. The van der Waals surface area contributed by atoms with Crippen molar-refractivity contribution < 1.29 is 19.4 Å². The monoisotopic (exact) mass is 317 g/mol. The smallest absolute Gasteiger partial charge is 0.411 e. The molecule has 0 aromatic heterocycles. The first-order chi connectivity index (χ1) is 11.0. The van der Waals surface area contributed by atoms with E-state index in [0.29, 0.717) is 0 Å². The second-order valence-corrected chi connectivity index (χ2v) is 4.39. The van der Waals surface area contributed by atoms with E-state index in [1.165, 1.54) is 42.5 Å². The molecule has 0 aliphatic carbocycles. The van der Waals surface area contributed by atoms with Gasteiger partial charge >= 0.3 is 6.09 Å². The summed E-state index contributed by atoms with van der Waals surface area (Å²) in [5.41, 5.74) is 0.0931. The van der Waals surface area contributed by atoms with E-state index in [-0.39, 0.29) is 29.2 Å². The highest BCUT2D eigenvalue weighted by atomic mass is 16.6. The number of para-hydroxylation sites is 1. The number of amides is 1. The SMILES string of the molecule is O=C(Nc1cccc([N+](=O)[O-])c1)OCc1ccccc1[N+](=O)[O-]. The molecule has 1 N–H and O–H groups in total. The molecule has 0 fully saturated rings. The van der Waals surface area contributed by atoms with Gasteiger partial charge in [0.05, 0.1) is 21.1 Å². The number of rotatable bonds is 5. The number of hydrogen-bond acceptors (Lipinski definition) is 6. The van der Waals surface area contributed by atoms with Gasteiger partial charge in [-0.25, -0.2) is 4.79 Å². The first-order valence-electron chi connectivity index (χ1n) is 6.38. The molecule has 0 radical (unpaired) electrons. The predicted octanol–water partition coefficient (Wildman–Crippen LogP) is 3.25. The van der Waals surface area contributed by atoms with Crippen molar-refractivity contribution in [3.8, 4) is 0 Å². The fourth-order valence-electron chi connectivity index (χ4n) is 1.81. The highest BCUT2D eigenvalue weighted by Crippen LogP contribution is 2.20. The average Bonchev–Trinajstić information content (AvgIpc) is 2.53. The van der Waals surface area contributed by atoms with Crippen molar-refractivity contribution in [3.05, 3.63) is 74.3 Å². The largest absolute Gasteiger partial charge is 0.444 e. The van der Waals surface area contributed by atoms with Gasteiger partial charge in [0.2, 0.25) is 0 Å². The number of carbonyl (C=O) groups is 1. The molecule has 0 unspecified atom stereocenters. The number of ether oxygens (including phenoxy) is 1. The molecule has 118 valence electrons. The second-order valence-electron chi connectivity index (χ2n) is 4.39. The molecule has 0 aliphatic rings. The van der Waals surface area contributed by atoms with Gasteiger partial charge in [-0.05, 0) is 12.1 Å². The molecule has 2 rings (SSSR count). The number of nitrogens with one attached hydrogen (secondary N) is 1. The Morgan fingerprint density at radius 3 is 2.48 bits per heavy atom. The summed E-state index contributed by atoms with van der Waals surface area (Å²) in [5.74, 6) is 0. The Hall–Kier alpha value is -3.49. The first kappa shape index (κ1) is 15.9. The number of nitro benzene ring substituents is 2. The van der Waals surface area contributed by atoms with Crippen LogP contribution in [0.25, 0.3) is 0 Å². The molecule has 0 bridgehead atoms. The van der Waals surface area contributed by atoms with E-state index >= 15 is 0 Å². The molecule has 0 saturated heterocycles. The van der Waals surface area contributed by atoms with E-state index in [1.807, 2.05) is 0 Å². The van der Waals surface area contributed by atoms with Gasteiger partial charge in [-0.15, -0.1) is 0 Å². The number of non-ortho nitro benzene ring substituents is 1. The van der Waals surface area contributed by atoms with Crippen LogP contribution in [0.5, 0.6) is 0 Å². The minimum Gasteiger partial charge on any atom is -0.444 e. The van der Waals surface area contributed by atoms with Crippen LogP contribution in [0.3, 0.4) is 0 Å². The summed E-state index contributed by atoms with van der Waals surface area (Å²) in [6.45, 7) is -0.294. The average molecular weight is 317 g/mol. The molecular weight excluding hydrogens is 306 g/mol. The molecule has 0 saturated carbocycles. The van der Waals surface area contributed by atoms with Crippen molar-refractivity contribution in [1.82, 2.24) is 0 Å². The Kier molecular flexibility index (Phi) is 4.82. The molecule has 0 spiro atoms. The van der Waals surface area contributed by atoms with Crippen molar-refractivity contribution in [2.45, 2.75) is 6.61 Å². The molecule has 2 aromatic rings. The maximum atomic E-state index is 11.7. The third kappa shape index (κ3) is 4.24. The van der Waals surface area contributed by atoms with E-state index < -0.39 is 15.9 Å². The maximum Gasteiger partial charge on any atom is 0.411 e. The zero-order chi connectivity index (χ0) is 16.8. The van der Waals surface area contributed by atoms with Crippen LogP contribution < -0.4 is 5.32 Å². The summed E-state index contributed by atoms with van der Waals surface area (Å²) in [6.07, 6.45) is -0.872. The summed E-state index contributed by atoms with van der Waals surface area (Å²) >= 11 is 0. The van der Waals surface area contributed by atoms with Gasteiger partial charge in [-0.1, -0.05) is 18.2 Å². The number of benzene rings is 2. The highest BCUT2D eigenvalue weighted by Gasteiger charge is 2.14. The standard InChI is InChI=1S/C14H11N3O6/c18-14(15-11-5-3-6-12(8-11)16(19)20)23-9-10-4-1-2-7-13(10)17(21)22/h1-8H,9H2,(H,15,18). The number of anilines is 1. The second kappa shape index (κ2) is 6.98. The van der Waals surface area contributed by atoms with Gasteiger partial charge in [0, 0.05) is 18.2 Å². The molecule has 23 heavy (non-hydrogen) atoms. The van der Waals surface area contributed by atoms with Crippen LogP contribution >= 0.6 is 0 Å². The molecule has 9 heteroatoms. The lowest BCUT2D eigenvalue weighted by Crippen LogP contribution is -2.14. The van der Waals surface area contributed by atoms with Crippen molar-refractivity contribution in [3.63, 3.8) is 0 Å². The fraction of sp³-hybridized carbons (Fsp3) is 0.0714. The van der Waals surface area contributed by atoms with Crippen LogP contribution in [0.4, 0.5) is 21.9 Å². The number of nitrogens with zero attached hydrogens (tertiary/aromatic N) is 2. The van der Waals surface area contributed by atoms with Crippen LogP contribution in [-0.2, 0) is 11.3 Å². The summed E-state index contributed by atoms with van der Waals surface area (Å²) in [4.78, 5) is 32.0. The summed E-state index contributed by atoms with van der Waals surface area (Å²) < 4.78 is 4.90. The number of hydrogen-bond donors (Lipinski definition) is 1. The third-order valence-electron chi connectivity index (χ3n) is 2.85. The number of carbonyl (C=O) groups excluding carboxylic acids is 1. The van der Waals surface area contributed by atoms with E-state index in [9.17, 15) is 25.0 Å². The maximum absolute atomic E-state index is 11.7. The Balaban J connectivity index is 2.00. The third-order valence-corrected chi connectivity index (χ3v) is 2.85. The zero-order valence-electron chi connectivity index (χ0n) is 11.7. The lowest BCUT2D eigenvalue weighted by molar-refractivity contribution is -0.385. The van der Waals surface area contributed by atoms with Crippen molar-refractivity contribution in [1.29, 1.82) is 0 Å². The topological polar surface area (TPSA) is 125 Å². The molecular formula is C14H11N3O6. The van der Waals surface area contributed by atoms with Gasteiger partial charge in [0.15, 0.2) is 0 Å². The summed E-state index contributed by atoms with van der Waals surface area (Å²) in [6, 6.07) is 11.2. The van der Waals surface area contributed by atoms with Crippen LogP contribution in [0.2, 0.25) is 0 Å². The molecule has 0 aliphatic heterocycles. The molecule has 0 heterocycles. The normalized spacial score (nSPS) is 9.91. The van der Waals surface area contributed by atoms with Crippen LogP contribution in [0.1, 0.15) is 5.56 Å². The van der Waals surface area contributed by atoms with Crippen molar-refractivity contribution in [2.75, 3.05) is 5.32 Å². The zero-order valence-corrected chi connectivity index (χ0v) is 11.7. The van der Waals surface area contributed by atoms with Crippen molar-refractivity contribution >= 4 is 23.2 Å². The van der Waals surface area contributed by atoms with Crippen LogP contribution in [0, 0.1) is 20.2 Å². The Morgan fingerprint density at radius 2 is 1.78 bits per heavy atom. The van der Waals surface area contributed by atoms with Gasteiger partial charge in [0.1, 0.15) is 6.61 Å². The summed E-state index contributed by atoms with van der Waals surface area (Å²) in [7, 11) is 0. The van der Waals surface area contributed by atoms with E-state index in [2.05, 4.69) is 5.32 Å². The molecule has 9 nitrogen and oxygen atoms in total. The lowest BCUT2D eigenvalue weighted by Gasteiger charge is -2.07. The fourth-order valence-corrected chi connectivity index (χ4v) is 1.81. The Bertz CT molecular complexity index is 762. The highest BCUT2D eigenvalue weighted by molar-refractivity contribution is 5.85. The predicted molar refractivity (Wildman–Crippen MR) is 80.0 cm³/mol.